The molecule has 3 aromatic rings. The number of ether oxygens (including phenoxy) is 2. The molecule has 1 saturated carbocycles. The zero-order valence-corrected chi connectivity index (χ0v) is 22.7. The molecule has 0 aliphatic heterocycles. The van der Waals surface area contributed by atoms with Gasteiger partial charge in [-0.25, -0.2) is 9.37 Å². The van der Waals surface area contributed by atoms with Crippen LogP contribution in [0.5, 0.6) is 5.75 Å². The monoisotopic (exact) mass is 555 g/mol. The first kappa shape index (κ1) is 27.3. The molecular formula is C28H34FN5O4S. The molecule has 4 N–H and O–H groups in total. The average molecular weight is 556 g/mol. The fourth-order valence-corrected chi connectivity index (χ4v) is 6.20. The number of aromatic nitrogens is 2. The molecule has 9 nitrogen and oxygen atoms in total. The molecule has 2 aliphatic carbocycles. The van der Waals surface area contributed by atoms with Gasteiger partial charge >= 0.3 is 0 Å². The van der Waals surface area contributed by atoms with Gasteiger partial charge in [-0.15, -0.1) is 11.3 Å². The Morgan fingerprint density at radius 3 is 2.72 bits per heavy atom. The van der Waals surface area contributed by atoms with Crippen molar-refractivity contribution in [3.05, 3.63) is 57.7 Å². The van der Waals surface area contributed by atoms with E-state index in [-0.39, 0.29) is 17.7 Å². The van der Waals surface area contributed by atoms with Gasteiger partial charge in [-0.3, -0.25) is 4.79 Å². The Kier molecular flexibility index (Phi) is 8.90. The van der Waals surface area contributed by atoms with Crippen molar-refractivity contribution in [1.29, 1.82) is 0 Å². The van der Waals surface area contributed by atoms with E-state index in [2.05, 4.69) is 25.9 Å². The van der Waals surface area contributed by atoms with Gasteiger partial charge in [0, 0.05) is 17.7 Å². The quantitative estimate of drug-likeness (QED) is 0.271. The molecule has 1 amide bonds. The van der Waals surface area contributed by atoms with Crippen LogP contribution in [0.1, 0.15) is 52.2 Å². The average Bonchev–Trinajstić information content (AvgIpc) is 3.38. The summed E-state index contributed by atoms with van der Waals surface area (Å²) in [6, 6.07) is 8.31. The van der Waals surface area contributed by atoms with E-state index >= 15 is 0 Å². The minimum atomic E-state index is -0.895. The van der Waals surface area contributed by atoms with Crippen LogP contribution < -0.4 is 20.7 Å². The topological polar surface area (TPSA) is 118 Å². The van der Waals surface area contributed by atoms with Gasteiger partial charge in [-0.2, -0.15) is 4.98 Å². The van der Waals surface area contributed by atoms with E-state index in [1.807, 2.05) is 18.2 Å². The van der Waals surface area contributed by atoms with Gasteiger partial charge in [0.25, 0.3) is 5.91 Å². The van der Waals surface area contributed by atoms with Gasteiger partial charge in [0.1, 0.15) is 12.4 Å². The third-order valence-electron chi connectivity index (χ3n) is 7.12. The third kappa shape index (κ3) is 6.84. The maximum Gasteiger partial charge on any atom is 0.261 e. The van der Waals surface area contributed by atoms with Crippen LogP contribution in [-0.4, -0.2) is 59.5 Å². The SMILES string of the molecule is COCCOc1ccc(Nc2ncc(F)c(NC3CCCC(NC(=O)c4cc5c(s4)CCCC5)C3O)n2)cc1. The number of rotatable bonds is 10. The van der Waals surface area contributed by atoms with Crippen LogP contribution in [0, 0.1) is 5.82 Å². The Morgan fingerprint density at radius 1 is 1.13 bits per heavy atom. The van der Waals surface area contributed by atoms with Gasteiger partial charge in [-0.05, 0) is 80.8 Å². The summed E-state index contributed by atoms with van der Waals surface area (Å²) in [7, 11) is 1.62. The minimum Gasteiger partial charge on any atom is -0.491 e. The lowest BCUT2D eigenvalue weighted by Gasteiger charge is -2.35. The number of hydrogen-bond donors (Lipinski definition) is 4. The summed E-state index contributed by atoms with van der Waals surface area (Å²) in [5.74, 6) is 0.128. The summed E-state index contributed by atoms with van der Waals surface area (Å²) in [6.45, 7) is 0.950. The van der Waals surface area contributed by atoms with E-state index in [0.29, 0.717) is 42.4 Å². The normalized spacial score (nSPS) is 20.6. The van der Waals surface area contributed by atoms with Gasteiger partial charge in [-0.1, -0.05) is 0 Å². The van der Waals surface area contributed by atoms with E-state index in [1.165, 1.54) is 10.4 Å². The highest BCUT2D eigenvalue weighted by atomic mass is 32.1. The molecule has 1 fully saturated rings. The van der Waals surface area contributed by atoms with E-state index in [1.54, 1.807) is 30.6 Å². The summed E-state index contributed by atoms with van der Waals surface area (Å²) in [5.41, 5.74) is 1.98. The number of carbonyl (C=O) groups excluding carboxylic acids is 1. The van der Waals surface area contributed by atoms with Gasteiger partial charge < -0.3 is 30.5 Å². The number of benzene rings is 1. The number of aliphatic hydroxyl groups is 1. The molecule has 0 bridgehead atoms. The summed E-state index contributed by atoms with van der Waals surface area (Å²) in [6.07, 6.45) is 6.62. The molecular weight excluding hydrogens is 521 g/mol. The van der Waals surface area contributed by atoms with Crippen molar-refractivity contribution < 1.29 is 23.8 Å². The number of methoxy groups -OCH3 is 1. The number of anilines is 3. The molecule has 39 heavy (non-hydrogen) atoms. The van der Waals surface area contributed by atoms with Gasteiger partial charge in [0.2, 0.25) is 5.95 Å². The predicted molar refractivity (Wildman–Crippen MR) is 149 cm³/mol. The molecule has 2 aromatic heterocycles. The second-order valence-corrected chi connectivity index (χ2v) is 11.0. The van der Waals surface area contributed by atoms with E-state index in [0.717, 1.165) is 38.3 Å². The number of nitrogens with zero attached hydrogens (tertiary/aromatic N) is 2. The Bertz CT molecular complexity index is 1250. The van der Waals surface area contributed by atoms with Crippen molar-refractivity contribution in [2.45, 2.75) is 63.1 Å². The lowest BCUT2D eigenvalue weighted by Crippen LogP contribution is -2.53. The minimum absolute atomic E-state index is 0.00558. The molecule has 3 atom stereocenters. The molecule has 0 spiro atoms. The van der Waals surface area contributed by atoms with Crippen LogP contribution in [0.2, 0.25) is 0 Å². The number of nitrogens with one attached hydrogen (secondary N) is 3. The Labute approximate surface area is 231 Å². The Hall–Kier alpha value is -3.28. The number of thiophene rings is 1. The molecule has 0 radical (unpaired) electrons. The maximum absolute atomic E-state index is 14.6. The molecule has 1 aromatic carbocycles. The number of hydrogen-bond acceptors (Lipinski definition) is 9. The predicted octanol–water partition coefficient (Wildman–Crippen LogP) is 4.45. The van der Waals surface area contributed by atoms with Gasteiger partial charge in [0.15, 0.2) is 11.6 Å². The first-order valence-electron chi connectivity index (χ1n) is 13.4. The lowest BCUT2D eigenvalue weighted by atomic mass is 9.88. The van der Waals surface area contributed by atoms with E-state index < -0.39 is 24.0 Å². The smallest absolute Gasteiger partial charge is 0.261 e. The summed E-state index contributed by atoms with van der Waals surface area (Å²) in [5, 5.41) is 20.2. The van der Waals surface area contributed by atoms with Crippen LogP contribution in [0.15, 0.2) is 36.5 Å². The summed E-state index contributed by atoms with van der Waals surface area (Å²) < 4.78 is 25.2. The molecule has 2 aliphatic rings. The highest BCUT2D eigenvalue weighted by molar-refractivity contribution is 7.14. The fraction of sp³-hybridized carbons (Fsp3) is 0.464. The largest absolute Gasteiger partial charge is 0.491 e. The van der Waals surface area contributed by atoms with E-state index in [4.69, 9.17) is 9.47 Å². The van der Waals surface area contributed by atoms with Crippen molar-refractivity contribution in [2.75, 3.05) is 31.0 Å². The van der Waals surface area contributed by atoms with Crippen LogP contribution in [-0.2, 0) is 17.6 Å². The van der Waals surface area contributed by atoms with Crippen molar-refractivity contribution in [3.63, 3.8) is 0 Å². The molecule has 2 heterocycles. The summed E-state index contributed by atoms with van der Waals surface area (Å²) in [4.78, 5) is 23.3. The lowest BCUT2D eigenvalue weighted by molar-refractivity contribution is 0.0658. The van der Waals surface area contributed by atoms with Crippen molar-refractivity contribution in [3.8, 4) is 5.75 Å². The second kappa shape index (κ2) is 12.7. The third-order valence-corrected chi connectivity index (χ3v) is 8.36. The van der Waals surface area contributed by atoms with Crippen LogP contribution >= 0.6 is 11.3 Å². The first-order valence-corrected chi connectivity index (χ1v) is 14.2. The maximum atomic E-state index is 14.6. The van der Waals surface area contributed by atoms with Crippen LogP contribution in [0.25, 0.3) is 0 Å². The van der Waals surface area contributed by atoms with Crippen LogP contribution in [0.4, 0.5) is 21.8 Å². The summed E-state index contributed by atoms with van der Waals surface area (Å²) >= 11 is 1.55. The molecule has 0 saturated heterocycles. The Morgan fingerprint density at radius 2 is 1.92 bits per heavy atom. The molecule has 5 rings (SSSR count). The zero-order chi connectivity index (χ0) is 27.2. The number of fused-ring (bicyclic) bond motifs is 1. The molecule has 208 valence electrons. The number of aliphatic hydroxyl groups excluding tert-OH is 1. The van der Waals surface area contributed by atoms with Crippen molar-refractivity contribution in [1.82, 2.24) is 15.3 Å². The Balaban J connectivity index is 1.20. The second-order valence-electron chi connectivity index (χ2n) is 9.90. The highest BCUT2D eigenvalue weighted by Gasteiger charge is 2.34. The zero-order valence-electron chi connectivity index (χ0n) is 21.9. The number of halogens is 1. The number of aryl methyl sites for hydroxylation is 2. The first-order chi connectivity index (χ1) is 19.0. The van der Waals surface area contributed by atoms with E-state index in [9.17, 15) is 14.3 Å². The van der Waals surface area contributed by atoms with Gasteiger partial charge in [0.05, 0.1) is 35.9 Å². The van der Waals surface area contributed by atoms with Crippen molar-refractivity contribution >= 4 is 34.7 Å². The number of amides is 1. The molecule has 11 heteroatoms. The number of carbonyl (C=O) groups is 1. The fourth-order valence-electron chi connectivity index (χ4n) is 5.05. The van der Waals surface area contributed by atoms with Crippen LogP contribution in [0.3, 0.4) is 0 Å². The molecule has 3 unspecified atom stereocenters. The highest BCUT2D eigenvalue weighted by Crippen LogP contribution is 2.30. The standard InChI is InChI=1S/C28H34FN5O4S/c1-37-13-14-38-19-11-9-18(10-12-19)31-28-30-16-20(29)26(34-28)32-21-6-4-7-22(25(21)35)33-27(36)24-15-17-5-2-3-8-23(17)39-24/h9-12,15-16,21-22,25,35H,2-8,13-14H2,1H3,(H,33,36)(H2,30,31,32,34). The van der Waals surface area contributed by atoms with Crippen molar-refractivity contribution in [2.24, 2.45) is 0 Å².